The van der Waals surface area contributed by atoms with Gasteiger partial charge in [0.1, 0.15) is 0 Å². The van der Waals surface area contributed by atoms with E-state index in [0.717, 1.165) is 19.4 Å². The van der Waals surface area contributed by atoms with Crippen LogP contribution in [0.2, 0.25) is 0 Å². The van der Waals surface area contributed by atoms with Crippen molar-refractivity contribution in [2.24, 2.45) is 17.6 Å². The smallest absolute Gasteiger partial charge is 0.224 e. The predicted octanol–water partition coefficient (Wildman–Crippen LogP) is 0.346. The highest BCUT2D eigenvalue weighted by Crippen LogP contribution is 2.18. The van der Waals surface area contributed by atoms with E-state index in [1.807, 2.05) is 18.7 Å². The largest absolute Gasteiger partial charge is 0.355 e. The zero-order chi connectivity index (χ0) is 13.5. The first-order chi connectivity index (χ1) is 8.54. The molecule has 1 aliphatic rings. The van der Waals surface area contributed by atoms with E-state index in [0.29, 0.717) is 32.0 Å². The Morgan fingerprint density at radius 2 is 2.17 bits per heavy atom. The number of likely N-dealkylation sites (tertiary alicyclic amines) is 1. The summed E-state index contributed by atoms with van der Waals surface area (Å²) in [5, 5.41) is 2.80. The number of rotatable bonds is 5. The Morgan fingerprint density at radius 3 is 2.78 bits per heavy atom. The highest BCUT2D eigenvalue weighted by atomic mass is 16.2. The molecule has 1 rings (SSSR count). The number of nitrogens with one attached hydrogen (secondary N) is 1. The van der Waals surface area contributed by atoms with E-state index < -0.39 is 0 Å². The Balaban J connectivity index is 2.45. The normalized spacial score (nSPS) is 20.0. The van der Waals surface area contributed by atoms with Crippen molar-refractivity contribution in [2.75, 3.05) is 26.2 Å². The first-order valence-corrected chi connectivity index (χ1v) is 6.80. The summed E-state index contributed by atoms with van der Waals surface area (Å²) in [5.74, 6) is 0.495. The second kappa shape index (κ2) is 7.36. The molecule has 0 bridgehead atoms. The lowest BCUT2D eigenvalue weighted by atomic mass is 9.96. The van der Waals surface area contributed by atoms with E-state index >= 15 is 0 Å². The number of nitrogens with zero attached hydrogens (tertiary/aromatic N) is 1. The van der Waals surface area contributed by atoms with Crippen LogP contribution in [0.5, 0.6) is 0 Å². The van der Waals surface area contributed by atoms with E-state index in [4.69, 9.17) is 5.73 Å². The topological polar surface area (TPSA) is 75.4 Å². The van der Waals surface area contributed by atoms with Crippen LogP contribution in [0.1, 0.15) is 33.1 Å². The molecule has 0 aromatic carbocycles. The Morgan fingerprint density at radius 1 is 1.44 bits per heavy atom. The predicted molar refractivity (Wildman–Crippen MR) is 70.8 cm³/mol. The average Bonchev–Trinajstić information content (AvgIpc) is 2.35. The van der Waals surface area contributed by atoms with Gasteiger partial charge in [-0.05, 0) is 18.8 Å². The number of carbonyl (C=O) groups is 2. The maximum Gasteiger partial charge on any atom is 0.224 e. The van der Waals surface area contributed by atoms with Gasteiger partial charge in [0.25, 0.3) is 0 Å². The summed E-state index contributed by atoms with van der Waals surface area (Å²) in [5.41, 5.74) is 5.36. The van der Waals surface area contributed by atoms with Crippen LogP contribution in [-0.2, 0) is 9.59 Å². The molecular formula is C13H25N3O2. The molecule has 5 heteroatoms. The van der Waals surface area contributed by atoms with Crippen molar-refractivity contribution in [3.05, 3.63) is 0 Å². The standard InChI is InChI=1S/C13H25N3O2/c1-10(2)8-12(17)16-7-3-4-11(9-16)13(18)15-6-5-14/h10-11H,3-9,14H2,1-2H3,(H,15,18). The summed E-state index contributed by atoms with van der Waals surface area (Å²) >= 11 is 0. The molecule has 1 atom stereocenters. The molecule has 1 unspecified atom stereocenters. The van der Waals surface area contributed by atoms with Gasteiger partial charge in [-0.15, -0.1) is 0 Å². The maximum atomic E-state index is 12.0. The van der Waals surface area contributed by atoms with Crippen molar-refractivity contribution in [1.29, 1.82) is 0 Å². The molecule has 1 fully saturated rings. The first-order valence-electron chi connectivity index (χ1n) is 6.80. The van der Waals surface area contributed by atoms with Crippen LogP contribution in [0.4, 0.5) is 0 Å². The van der Waals surface area contributed by atoms with Crippen molar-refractivity contribution in [3.63, 3.8) is 0 Å². The molecule has 0 spiro atoms. The van der Waals surface area contributed by atoms with Gasteiger partial charge >= 0.3 is 0 Å². The lowest BCUT2D eigenvalue weighted by Crippen LogP contribution is -2.46. The van der Waals surface area contributed by atoms with Gasteiger partial charge in [-0.3, -0.25) is 9.59 Å². The van der Waals surface area contributed by atoms with E-state index in [9.17, 15) is 9.59 Å². The average molecular weight is 255 g/mol. The zero-order valence-electron chi connectivity index (χ0n) is 11.4. The molecule has 1 heterocycles. The van der Waals surface area contributed by atoms with Crippen molar-refractivity contribution < 1.29 is 9.59 Å². The number of piperidine rings is 1. The minimum Gasteiger partial charge on any atom is -0.355 e. The van der Waals surface area contributed by atoms with Gasteiger partial charge in [0.05, 0.1) is 5.92 Å². The molecule has 0 aromatic rings. The highest BCUT2D eigenvalue weighted by Gasteiger charge is 2.28. The van der Waals surface area contributed by atoms with Crippen molar-refractivity contribution >= 4 is 11.8 Å². The lowest BCUT2D eigenvalue weighted by molar-refractivity contribution is -0.136. The van der Waals surface area contributed by atoms with Gasteiger partial charge in [-0.25, -0.2) is 0 Å². The van der Waals surface area contributed by atoms with Crippen LogP contribution in [0.25, 0.3) is 0 Å². The van der Waals surface area contributed by atoms with Crippen molar-refractivity contribution in [3.8, 4) is 0 Å². The van der Waals surface area contributed by atoms with E-state index in [2.05, 4.69) is 5.32 Å². The molecule has 0 aromatic heterocycles. The maximum absolute atomic E-state index is 12.0. The number of hydrogen-bond donors (Lipinski definition) is 2. The Bertz CT molecular complexity index is 292. The van der Waals surface area contributed by atoms with Gasteiger partial charge in [-0.1, -0.05) is 13.8 Å². The molecule has 5 nitrogen and oxygen atoms in total. The molecule has 3 N–H and O–H groups in total. The minimum atomic E-state index is -0.0681. The molecule has 1 aliphatic heterocycles. The first kappa shape index (κ1) is 15.0. The minimum absolute atomic E-state index is 0.0301. The van der Waals surface area contributed by atoms with Crippen LogP contribution in [0.3, 0.4) is 0 Å². The number of hydrogen-bond acceptors (Lipinski definition) is 3. The molecule has 1 saturated heterocycles. The SMILES string of the molecule is CC(C)CC(=O)N1CCCC(C(=O)NCCN)C1. The Kier molecular flexibility index (Phi) is 6.12. The van der Waals surface area contributed by atoms with Gasteiger partial charge < -0.3 is 16.0 Å². The summed E-state index contributed by atoms with van der Waals surface area (Å²) in [6.45, 7) is 6.37. The number of amides is 2. The molecule has 0 saturated carbocycles. The molecule has 0 radical (unpaired) electrons. The molecule has 18 heavy (non-hydrogen) atoms. The van der Waals surface area contributed by atoms with E-state index in [-0.39, 0.29) is 17.7 Å². The number of carbonyl (C=O) groups excluding carboxylic acids is 2. The fraction of sp³-hybridized carbons (Fsp3) is 0.846. The van der Waals surface area contributed by atoms with E-state index in [1.165, 1.54) is 0 Å². The fourth-order valence-electron chi connectivity index (χ4n) is 2.24. The molecule has 2 amide bonds. The summed E-state index contributed by atoms with van der Waals surface area (Å²) in [6, 6.07) is 0. The molecule has 0 aliphatic carbocycles. The van der Waals surface area contributed by atoms with Crippen LogP contribution in [0.15, 0.2) is 0 Å². The van der Waals surface area contributed by atoms with Crippen molar-refractivity contribution in [1.82, 2.24) is 10.2 Å². The summed E-state index contributed by atoms with van der Waals surface area (Å²) in [6.07, 6.45) is 2.34. The zero-order valence-corrected chi connectivity index (χ0v) is 11.4. The Hall–Kier alpha value is -1.10. The van der Waals surface area contributed by atoms with Crippen molar-refractivity contribution in [2.45, 2.75) is 33.1 Å². The third-order valence-corrected chi connectivity index (χ3v) is 3.17. The fourth-order valence-corrected chi connectivity index (χ4v) is 2.24. The summed E-state index contributed by atoms with van der Waals surface area (Å²) < 4.78 is 0. The third-order valence-electron chi connectivity index (χ3n) is 3.17. The molecular weight excluding hydrogens is 230 g/mol. The van der Waals surface area contributed by atoms with Gasteiger partial charge in [0.2, 0.25) is 11.8 Å². The van der Waals surface area contributed by atoms with Gasteiger partial charge in [-0.2, -0.15) is 0 Å². The van der Waals surface area contributed by atoms with Crippen LogP contribution >= 0.6 is 0 Å². The quantitative estimate of drug-likeness (QED) is 0.744. The van der Waals surface area contributed by atoms with Gasteiger partial charge in [0, 0.05) is 32.6 Å². The second-order valence-electron chi connectivity index (χ2n) is 5.36. The number of nitrogens with two attached hydrogens (primary N) is 1. The van der Waals surface area contributed by atoms with Crippen LogP contribution in [-0.4, -0.2) is 42.9 Å². The van der Waals surface area contributed by atoms with Crippen LogP contribution < -0.4 is 11.1 Å². The monoisotopic (exact) mass is 255 g/mol. The lowest BCUT2D eigenvalue weighted by Gasteiger charge is -2.32. The highest BCUT2D eigenvalue weighted by molar-refractivity contribution is 5.81. The second-order valence-corrected chi connectivity index (χ2v) is 5.36. The Labute approximate surface area is 109 Å². The summed E-state index contributed by atoms with van der Waals surface area (Å²) in [7, 11) is 0. The van der Waals surface area contributed by atoms with Crippen LogP contribution in [0, 0.1) is 11.8 Å². The summed E-state index contributed by atoms with van der Waals surface area (Å²) in [4.78, 5) is 25.6. The van der Waals surface area contributed by atoms with Gasteiger partial charge in [0.15, 0.2) is 0 Å². The van der Waals surface area contributed by atoms with E-state index in [1.54, 1.807) is 0 Å². The molecule has 104 valence electrons. The third kappa shape index (κ3) is 4.64.